The minimum Gasteiger partial charge on any atom is -0.481 e. The molecule has 0 saturated heterocycles. The summed E-state index contributed by atoms with van der Waals surface area (Å²) < 4.78 is 0.736. The summed E-state index contributed by atoms with van der Waals surface area (Å²) in [7, 11) is 0. The quantitative estimate of drug-likeness (QED) is 0.883. The number of aliphatic carboxylic acids is 1. The number of aryl methyl sites for hydroxylation is 1. The largest absolute Gasteiger partial charge is 0.481 e. The van der Waals surface area contributed by atoms with Gasteiger partial charge in [-0.05, 0) is 34.5 Å². The molecule has 1 heterocycles. The molecule has 1 aromatic carbocycles. The number of nitrogens with one attached hydrogen (secondary N) is 1. The van der Waals surface area contributed by atoms with E-state index >= 15 is 0 Å². The van der Waals surface area contributed by atoms with Gasteiger partial charge in [0.15, 0.2) is 5.13 Å². The summed E-state index contributed by atoms with van der Waals surface area (Å²) >= 11 is 4.58. The molecule has 2 N–H and O–H groups in total. The van der Waals surface area contributed by atoms with Crippen LogP contribution in [0.3, 0.4) is 0 Å². The summed E-state index contributed by atoms with van der Waals surface area (Å²) in [6.07, 6.45) is -0.152. The second kappa shape index (κ2) is 6.15. The van der Waals surface area contributed by atoms with Gasteiger partial charge in [0.1, 0.15) is 0 Å². The van der Waals surface area contributed by atoms with Gasteiger partial charge in [-0.3, -0.25) is 14.9 Å². The van der Waals surface area contributed by atoms with Crippen LogP contribution < -0.4 is 5.32 Å². The number of amides is 1. The van der Waals surface area contributed by atoms with Crippen molar-refractivity contribution in [3.05, 3.63) is 44.9 Å². The normalized spacial score (nSPS) is 10.3. The van der Waals surface area contributed by atoms with Gasteiger partial charge < -0.3 is 5.11 Å². The van der Waals surface area contributed by atoms with E-state index in [4.69, 9.17) is 5.11 Å². The minimum absolute atomic E-state index is 0.152. The fourth-order valence-corrected chi connectivity index (χ4v) is 2.74. The summed E-state index contributed by atoms with van der Waals surface area (Å²) in [5, 5.41) is 13.3. The molecule has 0 aliphatic heterocycles. The van der Waals surface area contributed by atoms with Crippen LogP contribution in [0.1, 0.15) is 21.6 Å². The Hall–Kier alpha value is -1.73. The lowest BCUT2D eigenvalue weighted by Crippen LogP contribution is -2.13. The number of carbonyl (C=O) groups is 2. The fourth-order valence-electron chi connectivity index (χ4n) is 1.59. The van der Waals surface area contributed by atoms with Gasteiger partial charge in [0.2, 0.25) is 0 Å². The number of aromatic nitrogens is 1. The Labute approximate surface area is 127 Å². The van der Waals surface area contributed by atoms with Gasteiger partial charge in [-0.2, -0.15) is 0 Å². The van der Waals surface area contributed by atoms with Gasteiger partial charge in [-0.25, -0.2) is 4.98 Å². The molecule has 0 bridgehead atoms. The smallest absolute Gasteiger partial charge is 0.309 e. The summed E-state index contributed by atoms with van der Waals surface area (Å²) in [5.41, 5.74) is 1.91. The second-order valence-corrected chi connectivity index (χ2v) is 5.76. The van der Waals surface area contributed by atoms with Crippen LogP contribution in [-0.2, 0) is 11.2 Å². The van der Waals surface area contributed by atoms with E-state index in [0.717, 1.165) is 10.0 Å². The minimum atomic E-state index is -0.949. The molecule has 0 atom stereocenters. The van der Waals surface area contributed by atoms with Crippen LogP contribution in [0, 0.1) is 6.92 Å². The van der Waals surface area contributed by atoms with Crippen molar-refractivity contribution < 1.29 is 14.7 Å². The van der Waals surface area contributed by atoms with E-state index in [1.54, 1.807) is 17.5 Å². The molecule has 0 saturated carbocycles. The van der Waals surface area contributed by atoms with E-state index < -0.39 is 5.97 Å². The first-order valence-corrected chi connectivity index (χ1v) is 7.37. The number of carbonyl (C=O) groups excluding carboxylic acids is 1. The van der Waals surface area contributed by atoms with E-state index in [-0.39, 0.29) is 12.3 Å². The Morgan fingerprint density at radius 3 is 2.90 bits per heavy atom. The predicted molar refractivity (Wildman–Crippen MR) is 80.3 cm³/mol. The zero-order valence-electron chi connectivity index (χ0n) is 10.5. The number of halogens is 1. The highest BCUT2D eigenvalue weighted by Gasteiger charge is 2.13. The van der Waals surface area contributed by atoms with Gasteiger partial charge in [0.25, 0.3) is 5.91 Å². The van der Waals surface area contributed by atoms with Crippen LogP contribution >= 0.6 is 27.3 Å². The first kappa shape index (κ1) is 14.7. The fraction of sp³-hybridized carbons (Fsp3) is 0.154. The number of rotatable bonds is 4. The maximum absolute atomic E-state index is 12.1. The maximum atomic E-state index is 12.1. The Bertz CT molecular complexity index is 669. The Balaban J connectivity index is 2.13. The zero-order chi connectivity index (χ0) is 14.7. The van der Waals surface area contributed by atoms with Crippen molar-refractivity contribution in [1.29, 1.82) is 0 Å². The van der Waals surface area contributed by atoms with Crippen molar-refractivity contribution >= 4 is 44.3 Å². The first-order valence-electron chi connectivity index (χ1n) is 5.70. The monoisotopic (exact) mass is 354 g/mol. The van der Waals surface area contributed by atoms with E-state index in [2.05, 4.69) is 26.2 Å². The average Bonchev–Trinajstić information content (AvgIpc) is 2.79. The highest BCUT2D eigenvalue weighted by atomic mass is 79.9. The molecule has 2 aromatic rings. The van der Waals surface area contributed by atoms with Crippen LogP contribution in [0.2, 0.25) is 0 Å². The van der Waals surface area contributed by atoms with Crippen molar-refractivity contribution in [2.24, 2.45) is 0 Å². The number of nitrogens with zero attached hydrogens (tertiary/aromatic N) is 1. The van der Waals surface area contributed by atoms with Gasteiger partial charge in [-0.1, -0.05) is 12.1 Å². The number of carboxylic acids is 1. The van der Waals surface area contributed by atoms with Crippen LogP contribution in [-0.4, -0.2) is 22.0 Å². The molecule has 7 heteroatoms. The third-order valence-electron chi connectivity index (χ3n) is 2.54. The Morgan fingerprint density at radius 2 is 2.20 bits per heavy atom. The Kier molecular flexibility index (Phi) is 4.51. The number of hydrogen-bond acceptors (Lipinski definition) is 4. The van der Waals surface area contributed by atoms with E-state index in [1.165, 1.54) is 11.3 Å². The van der Waals surface area contributed by atoms with Crippen LogP contribution in [0.25, 0.3) is 0 Å². The number of carboxylic acid groups (broad SMARTS) is 1. The molecule has 0 radical (unpaired) electrons. The second-order valence-electron chi connectivity index (χ2n) is 4.11. The maximum Gasteiger partial charge on any atom is 0.309 e. The molecule has 0 fully saturated rings. The van der Waals surface area contributed by atoms with E-state index in [9.17, 15) is 9.59 Å². The standard InChI is InChI=1S/C13H11BrN2O3S/c1-7-3-2-4-9(11(7)14)12(19)16-13-15-8(6-20-13)5-10(17)18/h2-4,6H,5H2,1H3,(H,17,18)(H,15,16,19). The van der Waals surface area contributed by atoms with Crippen molar-refractivity contribution in [1.82, 2.24) is 4.98 Å². The van der Waals surface area contributed by atoms with E-state index in [0.29, 0.717) is 16.4 Å². The molecule has 1 amide bonds. The highest BCUT2D eigenvalue weighted by molar-refractivity contribution is 9.10. The lowest BCUT2D eigenvalue weighted by atomic mass is 10.1. The van der Waals surface area contributed by atoms with Crippen molar-refractivity contribution in [2.75, 3.05) is 5.32 Å². The van der Waals surface area contributed by atoms with Gasteiger partial charge in [-0.15, -0.1) is 11.3 Å². The lowest BCUT2D eigenvalue weighted by Gasteiger charge is -2.06. The summed E-state index contributed by atoms with van der Waals surface area (Å²) in [5.74, 6) is -1.23. The van der Waals surface area contributed by atoms with Crippen molar-refractivity contribution in [3.63, 3.8) is 0 Å². The molecular formula is C13H11BrN2O3S. The van der Waals surface area contributed by atoms with Crippen molar-refractivity contribution in [3.8, 4) is 0 Å². The number of thiazole rings is 1. The lowest BCUT2D eigenvalue weighted by molar-refractivity contribution is -0.136. The van der Waals surface area contributed by atoms with Crippen LogP contribution in [0.4, 0.5) is 5.13 Å². The third-order valence-corrected chi connectivity index (χ3v) is 4.40. The molecular weight excluding hydrogens is 344 g/mol. The van der Waals surface area contributed by atoms with Crippen LogP contribution in [0.5, 0.6) is 0 Å². The van der Waals surface area contributed by atoms with E-state index in [1.807, 2.05) is 13.0 Å². The average molecular weight is 355 g/mol. The van der Waals surface area contributed by atoms with Gasteiger partial charge in [0.05, 0.1) is 17.7 Å². The molecule has 0 aliphatic rings. The topological polar surface area (TPSA) is 79.3 Å². The van der Waals surface area contributed by atoms with Crippen LogP contribution in [0.15, 0.2) is 28.1 Å². The first-order chi connectivity index (χ1) is 9.47. The predicted octanol–water partition coefficient (Wildman–Crippen LogP) is 3.09. The zero-order valence-corrected chi connectivity index (χ0v) is 12.9. The molecule has 104 valence electrons. The molecule has 0 aliphatic carbocycles. The summed E-state index contributed by atoms with van der Waals surface area (Å²) in [6.45, 7) is 1.90. The number of anilines is 1. The third kappa shape index (κ3) is 3.43. The van der Waals surface area contributed by atoms with Gasteiger partial charge >= 0.3 is 5.97 Å². The molecule has 0 unspecified atom stereocenters. The summed E-state index contributed by atoms with van der Waals surface area (Å²) in [4.78, 5) is 26.8. The SMILES string of the molecule is Cc1cccc(C(=O)Nc2nc(CC(=O)O)cs2)c1Br. The van der Waals surface area contributed by atoms with Gasteiger partial charge in [0, 0.05) is 9.85 Å². The van der Waals surface area contributed by atoms with Crippen molar-refractivity contribution in [2.45, 2.75) is 13.3 Å². The molecule has 1 aromatic heterocycles. The summed E-state index contributed by atoms with van der Waals surface area (Å²) in [6, 6.07) is 5.40. The molecule has 20 heavy (non-hydrogen) atoms. The highest BCUT2D eigenvalue weighted by Crippen LogP contribution is 2.23. The molecule has 0 spiro atoms. The molecule has 5 nitrogen and oxygen atoms in total. The number of benzene rings is 1. The number of hydrogen-bond donors (Lipinski definition) is 2. The molecule has 2 rings (SSSR count). The Morgan fingerprint density at radius 1 is 1.45 bits per heavy atom.